The van der Waals surface area contributed by atoms with Crippen molar-refractivity contribution in [3.63, 3.8) is 0 Å². The number of aryl methyl sites for hydroxylation is 1. The number of benzene rings is 1. The smallest absolute Gasteiger partial charge is 0.227 e. The van der Waals surface area contributed by atoms with Crippen molar-refractivity contribution in [2.24, 2.45) is 0 Å². The van der Waals surface area contributed by atoms with E-state index in [0.717, 1.165) is 48.6 Å². The van der Waals surface area contributed by atoms with Gasteiger partial charge in [0.15, 0.2) is 0 Å². The molecular weight excluding hydrogens is 364 g/mol. The summed E-state index contributed by atoms with van der Waals surface area (Å²) in [5, 5.41) is 16.9. The molecular formula is C22H28N6O. The van der Waals surface area contributed by atoms with E-state index in [1.165, 1.54) is 11.1 Å². The summed E-state index contributed by atoms with van der Waals surface area (Å²) >= 11 is 0. The Labute approximate surface area is 171 Å². The number of nitrogens with one attached hydrogen (secondary N) is 1. The Morgan fingerprint density at radius 3 is 2.83 bits per heavy atom. The maximum atomic E-state index is 9.16. The lowest BCUT2D eigenvalue weighted by Gasteiger charge is -2.28. The normalized spacial score (nSPS) is 14.2. The van der Waals surface area contributed by atoms with E-state index in [1.54, 1.807) is 0 Å². The van der Waals surface area contributed by atoms with Gasteiger partial charge in [-0.25, -0.2) is 9.97 Å². The zero-order chi connectivity index (χ0) is 20.4. The van der Waals surface area contributed by atoms with Gasteiger partial charge in [-0.15, -0.1) is 0 Å². The third kappa shape index (κ3) is 4.31. The van der Waals surface area contributed by atoms with Gasteiger partial charge in [-0.3, -0.25) is 9.58 Å². The summed E-state index contributed by atoms with van der Waals surface area (Å²) in [4.78, 5) is 11.5. The molecule has 3 heterocycles. The van der Waals surface area contributed by atoms with Crippen LogP contribution >= 0.6 is 0 Å². The summed E-state index contributed by atoms with van der Waals surface area (Å²) in [5.41, 5.74) is 6.57. The van der Waals surface area contributed by atoms with Crippen molar-refractivity contribution in [1.82, 2.24) is 24.6 Å². The zero-order valence-corrected chi connectivity index (χ0v) is 17.3. The van der Waals surface area contributed by atoms with Crippen LogP contribution in [0.3, 0.4) is 0 Å². The molecule has 0 unspecified atom stereocenters. The minimum Gasteiger partial charge on any atom is -0.395 e. The highest BCUT2D eigenvalue weighted by atomic mass is 16.3. The molecule has 0 aliphatic carbocycles. The molecule has 1 aliphatic rings. The number of nitrogens with zero attached hydrogens (tertiary/aromatic N) is 5. The van der Waals surface area contributed by atoms with E-state index >= 15 is 0 Å². The topological polar surface area (TPSA) is 79.1 Å². The molecule has 0 saturated carbocycles. The van der Waals surface area contributed by atoms with Gasteiger partial charge < -0.3 is 10.4 Å². The predicted molar refractivity (Wildman–Crippen MR) is 114 cm³/mol. The van der Waals surface area contributed by atoms with Crippen LogP contribution in [0.1, 0.15) is 36.6 Å². The lowest BCUT2D eigenvalue weighted by molar-refractivity contribution is 0.184. The number of anilines is 2. The first-order valence-corrected chi connectivity index (χ1v) is 10.1. The van der Waals surface area contributed by atoms with E-state index in [4.69, 9.17) is 10.1 Å². The van der Waals surface area contributed by atoms with Crippen LogP contribution in [0.25, 0.3) is 11.3 Å². The van der Waals surface area contributed by atoms with Crippen LogP contribution in [-0.2, 0) is 13.0 Å². The van der Waals surface area contributed by atoms with Crippen molar-refractivity contribution < 1.29 is 5.11 Å². The molecule has 0 saturated heterocycles. The Bertz CT molecular complexity index is 997. The lowest BCUT2D eigenvalue weighted by atomic mass is 9.99. The van der Waals surface area contributed by atoms with Crippen LogP contribution in [0.5, 0.6) is 0 Å². The molecule has 152 valence electrons. The molecule has 0 bridgehead atoms. The Morgan fingerprint density at radius 2 is 2.07 bits per heavy atom. The molecule has 0 radical (unpaired) electrons. The van der Waals surface area contributed by atoms with Gasteiger partial charge in [0.05, 0.1) is 18.5 Å². The Hall–Kier alpha value is -2.77. The predicted octanol–water partition coefficient (Wildman–Crippen LogP) is 3.32. The van der Waals surface area contributed by atoms with Gasteiger partial charge in [0.1, 0.15) is 0 Å². The van der Waals surface area contributed by atoms with Crippen molar-refractivity contribution in [3.8, 4) is 11.3 Å². The second kappa shape index (κ2) is 8.31. The molecule has 3 aromatic rings. The van der Waals surface area contributed by atoms with E-state index < -0.39 is 0 Å². The first kappa shape index (κ1) is 19.5. The Balaban J connectivity index is 1.54. The van der Waals surface area contributed by atoms with Crippen molar-refractivity contribution in [1.29, 1.82) is 0 Å². The number of hydrogen-bond donors (Lipinski definition) is 2. The third-order valence-electron chi connectivity index (χ3n) is 5.35. The summed E-state index contributed by atoms with van der Waals surface area (Å²) in [6.45, 7) is 9.03. The second-order valence-electron chi connectivity index (χ2n) is 7.89. The number of β-amino-alcohol motifs (C(OH)–C–C–N with tert-alkyl or cyclic N) is 1. The van der Waals surface area contributed by atoms with Crippen molar-refractivity contribution >= 4 is 11.6 Å². The standard InChI is InChI=1S/C22H28N6O/c1-15(2)28-14-19(12-24-28)21-16(3)11-23-22(26-21)25-20-5-4-18-13-27(8-9-29)7-6-17(18)10-20/h4-5,10-12,14-15,29H,6-9,13H2,1-3H3,(H,23,25,26). The minimum atomic E-state index is 0.206. The van der Waals surface area contributed by atoms with E-state index in [0.29, 0.717) is 12.0 Å². The van der Waals surface area contributed by atoms with Crippen molar-refractivity contribution in [3.05, 3.63) is 53.5 Å². The largest absolute Gasteiger partial charge is 0.395 e. The van der Waals surface area contributed by atoms with Gasteiger partial charge >= 0.3 is 0 Å². The number of aliphatic hydroxyl groups excluding tert-OH is 1. The van der Waals surface area contributed by atoms with Crippen LogP contribution < -0.4 is 5.32 Å². The molecule has 2 aromatic heterocycles. The monoisotopic (exact) mass is 392 g/mol. The summed E-state index contributed by atoms with van der Waals surface area (Å²) < 4.78 is 1.94. The van der Waals surface area contributed by atoms with Gasteiger partial charge in [0.25, 0.3) is 0 Å². The molecule has 7 heteroatoms. The maximum absolute atomic E-state index is 9.16. The summed E-state index contributed by atoms with van der Waals surface area (Å²) in [6.07, 6.45) is 6.72. The minimum absolute atomic E-state index is 0.206. The van der Waals surface area contributed by atoms with Crippen molar-refractivity contribution in [2.45, 2.75) is 39.8 Å². The van der Waals surface area contributed by atoms with Crippen LogP contribution in [0.4, 0.5) is 11.6 Å². The SMILES string of the molecule is Cc1cnc(Nc2ccc3c(c2)CCN(CCO)C3)nc1-c1cnn(C(C)C)c1. The lowest BCUT2D eigenvalue weighted by Crippen LogP contribution is -2.32. The van der Waals surface area contributed by atoms with E-state index in [2.05, 4.69) is 52.3 Å². The average Bonchev–Trinajstić information content (AvgIpc) is 3.20. The molecule has 0 fully saturated rings. The molecule has 1 aromatic carbocycles. The molecule has 2 N–H and O–H groups in total. The van der Waals surface area contributed by atoms with Crippen LogP contribution in [0.15, 0.2) is 36.8 Å². The van der Waals surface area contributed by atoms with Gasteiger partial charge in [-0.05, 0) is 56.0 Å². The number of aliphatic hydroxyl groups is 1. The Morgan fingerprint density at radius 1 is 1.21 bits per heavy atom. The highest BCUT2D eigenvalue weighted by molar-refractivity contribution is 5.64. The van der Waals surface area contributed by atoms with Gasteiger partial charge in [-0.1, -0.05) is 6.07 Å². The van der Waals surface area contributed by atoms with Gasteiger partial charge in [0, 0.05) is 49.3 Å². The highest BCUT2D eigenvalue weighted by Crippen LogP contribution is 2.26. The molecule has 4 rings (SSSR count). The summed E-state index contributed by atoms with van der Waals surface area (Å²) in [7, 11) is 0. The fourth-order valence-corrected chi connectivity index (χ4v) is 3.69. The van der Waals surface area contributed by atoms with E-state index in [-0.39, 0.29) is 6.61 Å². The van der Waals surface area contributed by atoms with E-state index in [9.17, 15) is 0 Å². The number of hydrogen-bond acceptors (Lipinski definition) is 6. The molecule has 0 amide bonds. The highest BCUT2D eigenvalue weighted by Gasteiger charge is 2.16. The average molecular weight is 393 g/mol. The van der Waals surface area contributed by atoms with Gasteiger partial charge in [0.2, 0.25) is 5.95 Å². The number of fused-ring (bicyclic) bond motifs is 1. The zero-order valence-electron chi connectivity index (χ0n) is 17.3. The van der Waals surface area contributed by atoms with E-state index in [1.807, 2.05) is 30.2 Å². The summed E-state index contributed by atoms with van der Waals surface area (Å²) in [6, 6.07) is 6.72. The molecule has 0 atom stereocenters. The number of rotatable bonds is 6. The fraction of sp³-hybridized carbons (Fsp3) is 0.409. The molecule has 1 aliphatic heterocycles. The maximum Gasteiger partial charge on any atom is 0.227 e. The van der Waals surface area contributed by atoms with Crippen LogP contribution in [-0.4, -0.2) is 49.5 Å². The first-order chi connectivity index (χ1) is 14.0. The first-order valence-electron chi connectivity index (χ1n) is 10.1. The molecule has 0 spiro atoms. The van der Waals surface area contributed by atoms with Gasteiger partial charge in [-0.2, -0.15) is 5.10 Å². The van der Waals surface area contributed by atoms with Crippen LogP contribution in [0, 0.1) is 6.92 Å². The summed E-state index contributed by atoms with van der Waals surface area (Å²) in [5.74, 6) is 0.584. The second-order valence-corrected chi connectivity index (χ2v) is 7.89. The van der Waals surface area contributed by atoms with Crippen LogP contribution in [0.2, 0.25) is 0 Å². The third-order valence-corrected chi connectivity index (χ3v) is 5.35. The molecule has 29 heavy (non-hydrogen) atoms. The van der Waals surface area contributed by atoms with Crippen molar-refractivity contribution in [2.75, 3.05) is 25.0 Å². The Kier molecular flexibility index (Phi) is 5.60. The number of aromatic nitrogens is 4. The quantitative estimate of drug-likeness (QED) is 0.670. The fourth-order valence-electron chi connectivity index (χ4n) is 3.69. The molecule has 7 nitrogen and oxygen atoms in total.